The summed E-state index contributed by atoms with van der Waals surface area (Å²) in [4.78, 5) is 11.6. The zero-order valence-electron chi connectivity index (χ0n) is 31.4. The van der Waals surface area contributed by atoms with Crippen LogP contribution in [0.2, 0.25) is 12.1 Å². The van der Waals surface area contributed by atoms with Gasteiger partial charge in [-0.15, -0.1) is 0 Å². The van der Waals surface area contributed by atoms with Crippen LogP contribution < -0.4 is 0 Å². The third-order valence-corrected chi connectivity index (χ3v) is 15.8. The largest absolute Gasteiger partial charge is 0.493 e. The second-order valence-corrected chi connectivity index (χ2v) is 19.0. The molecule has 0 rings (SSSR count). The smallest absolute Gasteiger partial charge is 0.390 e. The molecule has 1 unspecified atom stereocenters. The van der Waals surface area contributed by atoms with Crippen LogP contribution in [0.1, 0.15) is 214 Å². The van der Waals surface area contributed by atoms with E-state index in [1.54, 1.807) is 0 Å². The molecule has 0 radical (unpaired) electrons. The van der Waals surface area contributed by atoms with Crippen molar-refractivity contribution < 1.29 is 22.2 Å². The molecule has 1 atom stereocenters. The Morgan fingerprint density at radius 3 is 0.889 bits per heavy atom. The number of hydrogen-bond acceptors (Lipinski definition) is 5. The van der Waals surface area contributed by atoms with Gasteiger partial charge in [0.05, 0.1) is 0 Å². The first-order valence-electron chi connectivity index (χ1n) is 20.4. The quantitative estimate of drug-likeness (QED) is 0.0522. The highest BCUT2D eigenvalue weighted by molar-refractivity contribution is 6.74. The van der Waals surface area contributed by atoms with E-state index in [9.17, 15) is 4.80 Å². The minimum Gasteiger partial charge on any atom is -0.390 e. The summed E-state index contributed by atoms with van der Waals surface area (Å²) in [5.41, 5.74) is 0. The Labute approximate surface area is 285 Å². The second kappa shape index (κ2) is 34.1. The van der Waals surface area contributed by atoms with E-state index in [1.165, 1.54) is 161 Å². The molecule has 0 saturated heterocycles. The molecule has 0 aromatic rings. The third-order valence-electron chi connectivity index (χ3n) is 9.10. The van der Waals surface area contributed by atoms with Gasteiger partial charge in [-0.2, -0.15) is 0 Å². The van der Waals surface area contributed by atoms with Gasteiger partial charge in [0.15, 0.2) is 0 Å². The minimum absolute atomic E-state index is 0.461. The van der Waals surface area contributed by atoms with Gasteiger partial charge in [0.25, 0.3) is 0 Å². The van der Waals surface area contributed by atoms with Crippen molar-refractivity contribution in [1.29, 1.82) is 0 Å². The molecule has 45 heavy (non-hydrogen) atoms. The summed E-state index contributed by atoms with van der Waals surface area (Å²) in [6.45, 7) is 12.1. The first kappa shape index (κ1) is 45.2. The van der Waals surface area contributed by atoms with Gasteiger partial charge in [0, 0.05) is 31.9 Å². The summed E-state index contributed by atoms with van der Waals surface area (Å²) in [5, 5.41) is 0. The number of unbranched alkanes of at least 4 members (excludes halogenated alkanes) is 26. The fraction of sp³-hybridized carbons (Fsp3) is 1.00. The van der Waals surface area contributed by atoms with Crippen LogP contribution in [-0.2, 0) is 17.4 Å². The van der Waals surface area contributed by atoms with Crippen LogP contribution in [0.4, 0.5) is 0 Å². The summed E-state index contributed by atoms with van der Waals surface area (Å²) < 4.78 is 25.0. The Kier molecular flexibility index (Phi) is 34.3. The Balaban J connectivity index is 4.29. The lowest BCUT2D eigenvalue weighted by molar-refractivity contribution is 0.0666. The summed E-state index contributed by atoms with van der Waals surface area (Å²) >= 11 is 0. The molecule has 1 N–H and O–H groups in total. The fourth-order valence-electron chi connectivity index (χ4n) is 6.44. The zero-order chi connectivity index (χ0) is 33.2. The van der Waals surface area contributed by atoms with Gasteiger partial charge in [0.1, 0.15) is 0 Å². The molecule has 0 spiro atoms. The molecule has 272 valence electrons. The van der Waals surface area contributed by atoms with Gasteiger partial charge in [0.2, 0.25) is 0 Å². The molecule has 0 aromatic heterocycles. The molecule has 0 aliphatic rings. The fourth-order valence-corrected chi connectivity index (χ4v) is 13.1. The SMILES string of the molecule is CCCCCCCCCCCCCCCC[Si](O)(OCC)O[Si](CCCCCCCCCCCCCCCC)(OCC)OCC. The van der Waals surface area contributed by atoms with Crippen molar-refractivity contribution in [3.63, 3.8) is 0 Å². The van der Waals surface area contributed by atoms with E-state index in [2.05, 4.69) is 13.8 Å². The van der Waals surface area contributed by atoms with Crippen molar-refractivity contribution in [3.8, 4) is 0 Å². The standard InChI is InChI=1S/C38H82O5Si2/c1-6-11-13-15-17-19-21-23-25-27-29-31-33-35-37-44(39,40-8-3)43-45(41-9-4,42-10-5)38-36-34-32-30-28-26-24-22-20-18-16-14-12-7-2/h39H,6-38H2,1-5H3. The monoisotopic (exact) mass is 675 g/mol. The number of hydrogen-bond donors (Lipinski definition) is 1. The van der Waals surface area contributed by atoms with E-state index in [1.807, 2.05) is 20.8 Å². The summed E-state index contributed by atoms with van der Waals surface area (Å²) in [6, 6.07) is 1.38. The van der Waals surface area contributed by atoms with Crippen LogP contribution >= 0.6 is 0 Å². The lowest BCUT2D eigenvalue weighted by atomic mass is 10.0. The molecular weight excluding hydrogens is 593 g/mol. The van der Waals surface area contributed by atoms with Crippen LogP contribution in [0, 0.1) is 0 Å². The number of rotatable bonds is 38. The van der Waals surface area contributed by atoms with Crippen molar-refractivity contribution in [2.24, 2.45) is 0 Å². The molecule has 0 bridgehead atoms. The normalized spacial score (nSPS) is 13.5. The highest BCUT2D eigenvalue weighted by Crippen LogP contribution is 2.28. The first-order valence-corrected chi connectivity index (χ1v) is 24.3. The van der Waals surface area contributed by atoms with Crippen molar-refractivity contribution in [1.82, 2.24) is 0 Å². The molecule has 0 heterocycles. The maximum Gasteiger partial charge on any atom is 0.493 e. The maximum absolute atomic E-state index is 11.6. The van der Waals surface area contributed by atoms with Crippen molar-refractivity contribution >= 4 is 17.6 Å². The lowest BCUT2D eigenvalue weighted by Crippen LogP contribution is -2.57. The van der Waals surface area contributed by atoms with E-state index in [0.717, 1.165) is 25.3 Å². The van der Waals surface area contributed by atoms with E-state index < -0.39 is 17.6 Å². The Morgan fingerprint density at radius 1 is 0.333 bits per heavy atom. The van der Waals surface area contributed by atoms with Crippen molar-refractivity contribution in [3.05, 3.63) is 0 Å². The van der Waals surface area contributed by atoms with Crippen molar-refractivity contribution in [2.75, 3.05) is 19.8 Å². The first-order chi connectivity index (χ1) is 22.0. The zero-order valence-corrected chi connectivity index (χ0v) is 33.4. The molecular formula is C38H82O5Si2. The molecule has 7 heteroatoms. The Morgan fingerprint density at radius 2 is 0.600 bits per heavy atom. The average Bonchev–Trinajstić information content (AvgIpc) is 3.01. The van der Waals surface area contributed by atoms with E-state index >= 15 is 0 Å². The molecule has 0 aromatic carbocycles. The van der Waals surface area contributed by atoms with Crippen LogP contribution in [0.3, 0.4) is 0 Å². The van der Waals surface area contributed by atoms with Crippen LogP contribution in [-0.4, -0.2) is 42.2 Å². The molecule has 0 saturated carbocycles. The van der Waals surface area contributed by atoms with E-state index in [0.29, 0.717) is 25.9 Å². The van der Waals surface area contributed by atoms with Crippen LogP contribution in [0.25, 0.3) is 0 Å². The molecule has 0 aliphatic carbocycles. The van der Waals surface area contributed by atoms with Gasteiger partial charge >= 0.3 is 17.6 Å². The summed E-state index contributed by atoms with van der Waals surface area (Å²) in [6.07, 6.45) is 37.2. The Hall–Kier alpha value is 0.234. The third kappa shape index (κ3) is 28.9. The molecule has 5 nitrogen and oxygen atoms in total. The van der Waals surface area contributed by atoms with Crippen LogP contribution in [0.5, 0.6) is 0 Å². The topological polar surface area (TPSA) is 57.2 Å². The highest BCUT2D eigenvalue weighted by Gasteiger charge is 2.51. The average molecular weight is 675 g/mol. The molecule has 0 fully saturated rings. The molecule has 0 amide bonds. The predicted octanol–water partition coefficient (Wildman–Crippen LogP) is 12.9. The Bertz CT molecular complexity index is 576. The van der Waals surface area contributed by atoms with Crippen molar-refractivity contribution in [2.45, 2.75) is 226 Å². The van der Waals surface area contributed by atoms with E-state index in [4.69, 9.17) is 17.4 Å². The minimum atomic E-state index is -3.36. The summed E-state index contributed by atoms with van der Waals surface area (Å²) in [5.74, 6) is 0. The van der Waals surface area contributed by atoms with Gasteiger partial charge in [-0.25, -0.2) is 0 Å². The van der Waals surface area contributed by atoms with Crippen LogP contribution in [0.15, 0.2) is 0 Å². The van der Waals surface area contributed by atoms with Gasteiger partial charge in [-0.1, -0.05) is 181 Å². The summed E-state index contributed by atoms with van der Waals surface area (Å²) in [7, 11) is -6.35. The van der Waals surface area contributed by atoms with Gasteiger partial charge in [-0.3, -0.25) is 0 Å². The predicted molar refractivity (Wildman–Crippen MR) is 200 cm³/mol. The van der Waals surface area contributed by atoms with E-state index in [-0.39, 0.29) is 0 Å². The van der Waals surface area contributed by atoms with Gasteiger partial charge in [-0.05, 0) is 33.6 Å². The highest BCUT2D eigenvalue weighted by atomic mass is 28.5. The maximum atomic E-state index is 11.6. The second-order valence-electron chi connectivity index (χ2n) is 13.5. The molecule has 0 aliphatic heterocycles. The van der Waals surface area contributed by atoms with Gasteiger partial charge < -0.3 is 22.2 Å². The lowest BCUT2D eigenvalue weighted by Gasteiger charge is -2.35.